The maximum atomic E-state index is 13.3. The van der Waals surface area contributed by atoms with Crippen LogP contribution in [0.25, 0.3) is 16.7 Å². The molecule has 1 amide bonds. The van der Waals surface area contributed by atoms with Gasteiger partial charge in [-0.05, 0) is 30.7 Å². The number of aliphatic hydroxyl groups is 1. The largest absolute Gasteiger partial charge is 0.507 e. The highest BCUT2D eigenvalue weighted by atomic mass is 16.6. The molecule has 2 aliphatic heterocycles. The number of amides is 1. The molecular formula is C26H26N2O6. The van der Waals surface area contributed by atoms with Gasteiger partial charge >= 0.3 is 0 Å². The number of hydrogen-bond donors (Lipinski definition) is 1. The Labute approximate surface area is 196 Å². The highest BCUT2D eigenvalue weighted by Crippen LogP contribution is 2.43. The average Bonchev–Trinajstić information content (AvgIpc) is 3.32. The van der Waals surface area contributed by atoms with E-state index >= 15 is 0 Å². The van der Waals surface area contributed by atoms with E-state index in [-0.39, 0.29) is 11.3 Å². The zero-order valence-corrected chi connectivity index (χ0v) is 19.1. The van der Waals surface area contributed by atoms with E-state index in [1.54, 1.807) is 25.3 Å². The second-order valence-electron chi connectivity index (χ2n) is 8.41. The molecule has 2 aromatic carbocycles. The molecule has 1 unspecified atom stereocenters. The molecule has 0 bridgehead atoms. The third kappa shape index (κ3) is 3.60. The lowest BCUT2D eigenvalue weighted by molar-refractivity contribution is -0.140. The van der Waals surface area contributed by atoms with Gasteiger partial charge in [-0.3, -0.25) is 9.59 Å². The second kappa shape index (κ2) is 8.87. The summed E-state index contributed by atoms with van der Waals surface area (Å²) in [5.74, 6) is -0.502. The summed E-state index contributed by atoms with van der Waals surface area (Å²) < 4.78 is 18.3. The number of ether oxygens (including phenoxy) is 3. The van der Waals surface area contributed by atoms with Crippen LogP contribution < -0.4 is 9.47 Å². The van der Waals surface area contributed by atoms with Crippen molar-refractivity contribution in [2.24, 2.45) is 7.05 Å². The van der Waals surface area contributed by atoms with Crippen LogP contribution in [0.15, 0.2) is 54.2 Å². The Morgan fingerprint density at radius 2 is 1.88 bits per heavy atom. The lowest BCUT2D eigenvalue weighted by atomic mass is 9.94. The topological polar surface area (TPSA) is 90.2 Å². The van der Waals surface area contributed by atoms with Gasteiger partial charge in [0.1, 0.15) is 19.0 Å². The van der Waals surface area contributed by atoms with E-state index in [1.165, 1.54) is 4.90 Å². The zero-order valence-electron chi connectivity index (χ0n) is 19.1. The van der Waals surface area contributed by atoms with Crippen molar-refractivity contribution in [1.29, 1.82) is 0 Å². The summed E-state index contributed by atoms with van der Waals surface area (Å²) in [4.78, 5) is 28.0. The van der Waals surface area contributed by atoms with Crippen LogP contribution in [0.5, 0.6) is 11.5 Å². The number of aromatic nitrogens is 1. The Hall–Kier alpha value is -3.78. The molecule has 0 saturated carbocycles. The highest BCUT2D eigenvalue weighted by Gasteiger charge is 2.46. The Kier molecular flexibility index (Phi) is 5.75. The van der Waals surface area contributed by atoms with Crippen molar-refractivity contribution < 1.29 is 28.9 Å². The molecule has 0 radical (unpaired) electrons. The Bertz CT molecular complexity index is 1310. The fraction of sp³-hybridized carbons (Fsp3) is 0.308. The maximum absolute atomic E-state index is 13.3. The van der Waals surface area contributed by atoms with Crippen molar-refractivity contribution in [1.82, 2.24) is 9.47 Å². The van der Waals surface area contributed by atoms with E-state index in [0.717, 1.165) is 16.5 Å². The van der Waals surface area contributed by atoms with Crippen molar-refractivity contribution in [2.45, 2.75) is 12.5 Å². The molecule has 8 nitrogen and oxygen atoms in total. The first-order valence-electron chi connectivity index (χ1n) is 11.2. The van der Waals surface area contributed by atoms with Gasteiger partial charge in [0, 0.05) is 55.5 Å². The van der Waals surface area contributed by atoms with Crippen molar-refractivity contribution in [2.75, 3.05) is 33.5 Å². The van der Waals surface area contributed by atoms with Crippen LogP contribution in [0.2, 0.25) is 0 Å². The summed E-state index contributed by atoms with van der Waals surface area (Å²) in [7, 11) is 3.52. The van der Waals surface area contributed by atoms with Crippen LogP contribution in [0.3, 0.4) is 0 Å². The Balaban J connectivity index is 1.67. The Morgan fingerprint density at radius 1 is 1.12 bits per heavy atom. The molecule has 3 heterocycles. The van der Waals surface area contributed by atoms with Gasteiger partial charge in [0.2, 0.25) is 0 Å². The number of nitrogens with zero attached hydrogens (tertiary/aromatic N) is 2. The molecular weight excluding hydrogens is 436 g/mol. The first-order valence-corrected chi connectivity index (χ1v) is 11.2. The van der Waals surface area contributed by atoms with Crippen LogP contribution in [0, 0.1) is 0 Å². The number of aryl methyl sites for hydroxylation is 1. The van der Waals surface area contributed by atoms with Crippen LogP contribution >= 0.6 is 0 Å². The maximum Gasteiger partial charge on any atom is 0.295 e. The summed E-state index contributed by atoms with van der Waals surface area (Å²) in [6, 6.07) is 12.1. The minimum absolute atomic E-state index is 0.0652. The minimum atomic E-state index is -0.726. The fourth-order valence-electron chi connectivity index (χ4n) is 4.75. The molecule has 34 heavy (non-hydrogen) atoms. The Morgan fingerprint density at radius 3 is 2.68 bits per heavy atom. The van der Waals surface area contributed by atoms with E-state index < -0.39 is 17.7 Å². The van der Waals surface area contributed by atoms with Gasteiger partial charge in [0.25, 0.3) is 11.7 Å². The molecule has 8 heteroatoms. The predicted molar refractivity (Wildman–Crippen MR) is 126 cm³/mol. The zero-order chi connectivity index (χ0) is 23.8. The predicted octanol–water partition coefficient (Wildman–Crippen LogP) is 3.41. The molecule has 1 saturated heterocycles. The molecule has 1 atom stereocenters. The number of carbonyl (C=O) groups excluding carboxylic acids is 2. The molecule has 0 aliphatic carbocycles. The summed E-state index contributed by atoms with van der Waals surface area (Å²) in [5.41, 5.74) is 2.22. The quantitative estimate of drug-likeness (QED) is 0.261. The highest BCUT2D eigenvalue weighted by molar-refractivity contribution is 6.46. The lowest BCUT2D eigenvalue weighted by Gasteiger charge is -2.25. The molecule has 5 rings (SSSR count). The summed E-state index contributed by atoms with van der Waals surface area (Å²) >= 11 is 0. The van der Waals surface area contributed by atoms with E-state index in [2.05, 4.69) is 0 Å². The van der Waals surface area contributed by atoms with E-state index in [0.29, 0.717) is 49.8 Å². The molecule has 176 valence electrons. The summed E-state index contributed by atoms with van der Waals surface area (Å²) in [6.45, 7) is 1.63. The number of Topliss-reactive ketones (excluding diaryl/α,β-unsaturated/α-hetero) is 1. The van der Waals surface area contributed by atoms with E-state index in [4.69, 9.17) is 14.2 Å². The second-order valence-corrected chi connectivity index (χ2v) is 8.41. The average molecular weight is 463 g/mol. The third-order valence-electron chi connectivity index (χ3n) is 6.33. The van der Waals surface area contributed by atoms with Gasteiger partial charge in [-0.15, -0.1) is 0 Å². The smallest absolute Gasteiger partial charge is 0.295 e. The van der Waals surface area contributed by atoms with E-state index in [9.17, 15) is 14.7 Å². The van der Waals surface area contributed by atoms with Crippen LogP contribution in [0.1, 0.15) is 23.6 Å². The molecule has 3 aromatic rings. The van der Waals surface area contributed by atoms with Crippen molar-refractivity contribution in [3.8, 4) is 11.5 Å². The molecule has 2 aliphatic rings. The van der Waals surface area contributed by atoms with Crippen molar-refractivity contribution in [3.05, 3.63) is 65.4 Å². The van der Waals surface area contributed by atoms with Crippen LogP contribution in [-0.2, 0) is 21.4 Å². The number of methoxy groups -OCH3 is 1. The van der Waals surface area contributed by atoms with Gasteiger partial charge in [0.05, 0.1) is 11.6 Å². The van der Waals surface area contributed by atoms with Gasteiger partial charge in [0.15, 0.2) is 11.5 Å². The lowest BCUT2D eigenvalue weighted by Crippen LogP contribution is -2.31. The molecule has 1 N–H and O–H groups in total. The first kappa shape index (κ1) is 22.0. The molecule has 1 aromatic heterocycles. The van der Waals surface area contributed by atoms with Crippen LogP contribution in [0.4, 0.5) is 0 Å². The number of rotatable bonds is 6. The first-order chi connectivity index (χ1) is 16.5. The van der Waals surface area contributed by atoms with Gasteiger partial charge in [-0.1, -0.05) is 18.2 Å². The number of para-hydroxylation sites is 1. The van der Waals surface area contributed by atoms with Gasteiger partial charge in [-0.25, -0.2) is 0 Å². The minimum Gasteiger partial charge on any atom is -0.507 e. The van der Waals surface area contributed by atoms with Crippen molar-refractivity contribution in [3.63, 3.8) is 0 Å². The monoisotopic (exact) mass is 462 g/mol. The number of aliphatic hydroxyl groups excluding tert-OH is 1. The number of carbonyl (C=O) groups is 2. The van der Waals surface area contributed by atoms with E-state index in [1.807, 2.05) is 42.1 Å². The number of hydrogen-bond acceptors (Lipinski definition) is 6. The summed E-state index contributed by atoms with van der Waals surface area (Å²) in [5, 5.41) is 12.3. The van der Waals surface area contributed by atoms with Crippen LogP contribution in [-0.4, -0.2) is 59.7 Å². The number of ketones is 1. The summed E-state index contributed by atoms with van der Waals surface area (Å²) in [6.07, 6.45) is 2.48. The molecule has 0 spiro atoms. The third-order valence-corrected chi connectivity index (χ3v) is 6.33. The number of fused-ring (bicyclic) bond motifs is 2. The van der Waals surface area contributed by atoms with Gasteiger partial charge < -0.3 is 28.8 Å². The number of benzene rings is 2. The normalized spacial score (nSPS) is 19.2. The van der Waals surface area contributed by atoms with Crippen molar-refractivity contribution >= 4 is 28.4 Å². The standard InChI is InChI=1S/C26H26N2O6/c1-27-15-18(17-6-3-4-7-19(17)27)23-22(25(30)26(31)28(23)10-5-11-32-2)24(29)16-8-9-20-21(14-16)34-13-12-33-20/h3-4,6-9,14-15,23,29H,5,10-13H2,1-2H3/b24-22+. The SMILES string of the molecule is COCCCN1C(=O)C(=O)/C(=C(/O)c2ccc3c(c2)OCCO3)C1c1cn(C)c2ccccc12. The molecule has 1 fully saturated rings. The number of likely N-dealkylation sites (tertiary alicyclic amines) is 1. The fourth-order valence-corrected chi connectivity index (χ4v) is 4.75. The van der Waals surface area contributed by atoms with Gasteiger partial charge in [-0.2, -0.15) is 0 Å².